The molecular formula is C11H18STe. The zero-order chi connectivity index (χ0) is 9.52. The zero-order valence-corrected chi connectivity index (χ0v) is 11.7. The maximum absolute atomic E-state index is 2.38. The Balaban J connectivity index is 2.34. The van der Waals surface area contributed by atoms with Crippen molar-refractivity contribution in [3.8, 4) is 0 Å². The van der Waals surface area contributed by atoms with Crippen LogP contribution in [-0.2, 0) is 6.42 Å². The Kier molecular flexibility index (Phi) is 6.28. The van der Waals surface area contributed by atoms with Crippen LogP contribution in [0.1, 0.15) is 36.7 Å². The first-order chi connectivity index (χ1) is 6.36. The van der Waals surface area contributed by atoms with Crippen LogP contribution in [-0.4, -0.2) is 26.2 Å². The fraction of sp³-hybridized carbons (Fsp3) is 0.636. The summed E-state index contributed by atoms with van der Waals surface area (Å²) in [6.45, 7) is 4.53. The Morgan fingerprint density at radius 2 is 2.08 bits per heavy atom. The van der Waals surface area contributed by atoms with Crippen molar-refractivity contribution < 1.29 is 0 Å². The minimum atomic E-state index is 0.0941. The molecule has 13 heavy (non-hydrogen) atoms. The van der Waals surface area contributed by atoms with Crippen molar-refractivity contribution >= 4 is 32.2 Å². The van der Waals surface area contributed by atoms with Crippen LogP contribution in [0.5, 0.6) is 0 Å². The topological polar surface area (TPSA) is 0 Å². The molecule has 0 aromatic carbocycles. The fourth-order valence-electron chi connectivity index (χ4n) is 1.12. The number of hydrogen-bond acceptors (Lipinski definition) is 1. The third-order valence-electron chi connectivity index (χ3n) is 1.86. The van der Waals surface area contributed by atoms with Gasteiger partial charge in [0, 0.05) is 0 Å². The van der Waals surface area contributed by atoms with E-state index in [0.717, 1.165) is 0 Å². The van der Waals surface area contributed by atoms with Gasteiger partial charge in [-0.2, -0.15) is 0 Å². The second-order valence-corrected chi connectivity index (χ2v) is 8.45. The molecule has 1 aromatic heterocycles. The molecule has 0 bridgehead atoms. The molecule has 0 N–H and O–H groups in total. The summed E-state index contributed by atoms with van der Waals surface area (Å²) in [5.41, 5.74) is 0. The van der Waals surface area contributed by atoms with Crippen LogP contribution in [0.4, 0.5) is 0 Å². The molecule has 0 unspecified atom stereocenters. The summed E-state index contributed by atoms with van der Waals surface area (Å²) in [5, 5.41) is 0. The van der Waals surface area contributed by atoms with Gasteiger partial charge in [-0.25, -0.2) is 0 Å². The first-order valence-corrected chi connectivity index (χ1v) is 8.40. The number of thioether (sulfide) groups is 1. The summed E-state index contributed by atoms with van der Waals surface area (Å²) in [5.74, 6) is 1.31. The monoisotopic (exact) mass is 312 g/mol. The zero-order valence-electron chi connectivity index (χ0n) is 8.51. The number of rotatable bonds is 6. The van der Waals surface area contributed by atoms with Crippen LogP contribution in [0.2, 0.25) is 0 Å². The summed E-state index contributed by atoms with van der Waals surface area (Å²) in [6, 6.07) is 4.75. The molecule has 0 aliphatic carbocycles. The third-order valence-corrected chi connectivity index (χ3v) is 7.15. The van der Waals surface area contributed by atoms with E-state index in [0.29, 0.717) is 0 Å². The molecule has 0 saturated heterocycles. The van der Waals surface area contributed by atoms with E-state index in [1.807, 2.05) is 0 Å². The summed E-state index contributed by atoms with van der Waals surface area (Å²) >= 11 is 2.18. The first-order valence-electron chi connectivity index (χ1n) is 5.08. The average molecular weight is 310 g/mol. The summed E-state index contributed by atoms with van der Waals surface area (Å²) in [6.07, 6.45) is 5.39. The summed E-state index contributed by atoms with van der Waals surface area (Å²) in [4.78, 5) is 0. The molecule has 1 aromatic rings. The molecule has 0 aliphatic rings. The SMILES string of the molecule is CCCCc1ccc(SCCC)[te]1. The molecular weight excluding hydrogens is 292 g/mol. The molecule has 0 nitrogen and oxygen atoms in total. The number of unbranched alkanes of at least 4 members (excludes halogenated alkanes) is 1. The van der Waals surface area contributed by atoms with E-state index in [2.05, 4.69) is 37.7 Å². The van der Waals surface area contributed by atoms with E-state index in [1.165, 1.54) is 31.4 Å². The molecule has 1 heterocycles. The van der Waals surface area contributed by atoms with Crippen molar-refractivity contribution in [2.24, 2.45) is 0 Å². The minimum absolute atomic E-state index is 0.0941. The average Bonchev–Trinajstić information content (AvgIpc) is 2.59. The second kappa shape index (κ2) is 6.98. The van der Waals surface area contributed by atoms with E-state index in [9.17, 15) is 0 Å². The van der Waals surface area contributed by atoms with Crippen molar-refractivity contribution in [2.75, 3.05) is 5.75 Å². The van der Waals surface area contributed by atoms with Crippen molar-refractivity contribution in [2.45, 2.75) is 42.4 Å². The fourth-order valence-corrected chi connectivity index (χ4v) is 5.91. The number of hydrogen-bond donors (Lipinski definition) is 0. The van der Waals surface area contributed by atoms with E-state index < -0.39 is 0 Å². The molecule has 0 amide bonds. The van der Waals surface area contributed by atoms with Gasteiger partial charge in [0.2, 0.25) is 0 Å². The van der Waals surface area contributed by atoms with Crippen LogP contribution >= 0.6 is 11.8 Å². The van der Waals surface area contributed by atoms with Gasteiger partial charge in [-0.3, -0.25) is 0 Å². The molecule has 0 radical (unpaired) electrons. The Bertz CT molecular complexity index is 207. The van der Waals surface area contributed by atoms with Gasteiger partial charge >= 0.3 is 96.1 Å². The van der Waals surface area contributed by atoms with E-state index in [4.69, 9.17) is 0 Å². The third kappa shape index (κ3) is 4.58. The van der Waals surface area contributed by atoms with Crippen LogP contribution in [0.25, 0.3) is 0 Å². The summed E-state index contributed by atoms with van der Waals surface area (Å²) < 4.78 is 3.48. The summed E-state index contributed by atoms with van der Waals surface area (Å²) in [7, 11) is 0. The van der Waals surface area contributed by atoms with E-state index in [-0.39, 0.29) is 20.4 Å². The molecule has 0 spiro atoms. The van der Waals surface area contributed by atoms with E-state index in [1.54, 1.807) is 6.49 Å². The Morgan fingerprint density at radius 3 is 2.77 bits per heavy atom. The molecule has 0 aliphatic heterocycles. The van der Waals surface area contributed by atoms with Crippen LogP contribution in [0.3, 0.4) is 0 Å². The van der Waals surface area contributed by atoms with Gasteiger partial charge in [-0.15, -0.1) is 0 Å². The predicted molar refractivity (Wildman–Crippen MR) is 63.0 cm³/mol. The van der Waals surface area contributed by atoms with Gasteiger partial charge in [-0.1, -0.05) is 0 Å². The quantitative estimate of drug-likeness (QED) is 0.571. The Morgan fingerprint density at radius 1 is 1.23 bits per heavy atom. The van der Waals surface area contributed by atoms with Crippen molar-refractivity contribution in [3.63, 3.8) is 0 Å². The van der Waals surface area contributed by atoms with Gasteiger partial charge in [0.15, 0.2) is 0 Å². The van der Waals surface area contributed by atoms with Gasteiger partial charge < -0.3 is 0 Å². The van der Waals surface area contributed by atoms with Crippen LogP contribution < -0.4 is 0 Å². The van der Waals surface area contributed by atoms with Crippen molar-refractivity contribution in [1.82, 2.24) is 0 Å². The maximum atomic E-state index is 2.38. The normalized spacial score (nSPS) is 10.6. The molecule has 0 fully saturated rings. The van der Waals surface area contributed by atoms with Gasteiger partial charge in [0.05, 0.1) is 0 Å². The first kappa shape index (κ1) is 11.7. The van der Waals surface area contributed by atoms with Crippen LogP contribution in [0, 0.1) is 0 Å². The van der Waals surface area contributed by atoms with Gasteiger partial charge in [-0.05, 0) is 0 Å². The van der Waals surface area contributed by atoms with Crippen molar-refractivity contribution in [3.05, 3.63) is 15.7 Å². The van der Waals surface area contributed by atoms with Gasteiger partial charge in [0.1, 0.15) is 0 Å². The predicted octanol–water partition coefficient (Wildman–Crippen LogP) is 3.59. The standard InChI is InChI=1S/C11H18STe/c1-3-5-6-10-7-8-11(13-10)12-9-4-2/h7-8H,3-6,9H2,1-2H3. The molecule has 2 heteroatoms. The molecule has 74 valence electrons. The molecule has 0 saturated carbocycles. The van der Waals surface area contributed by atoms with Crippen molar-refractivity contribution in [1.29, 1.82) is 0 Å². The second-order valence-electron chi connectivity index (χ2n) is 3.17. The van der Waals surface area contributed by atoms with Gasteiger partial charge in [0.25, 0.3) is 0 Å². The van der Waals surface area contributed by atoms with E-state index >= 15 is 0 Å². The number of aryl methyl sites for hydroxylation is 1. The molecule has 1 rings (SSSR count). The Labute approximate surface area is 95.7 Å². The molecule has 0 atom stereocenters. The Hall–Kier alpha value is 0.620. The van der Waals surface area contributed by atoms with Crippen LogP contribution in [0.15, 0.2) is 15.0 Å².